The fourth-order valence-electron chi connectivity index (χ4n) is 4.24. The lowest BCUT2D eigenvalue weighted by atomic mass is 10.1. The number of para-hydroxylation sites is 3. The summed E-state index contributed by atoms with van der Waals surface area (Å²) in [7, 11) is 1.59. The Morgan fingerprint density at radius 2 is 1.89 bits per heavy atom. The summed E-state index contributed by atoms with van der Waals surface area (Å²) in [5.41, 5.74) is 3.83. The minimum Gasteiger partial charge on any atom is -0.497 e. The lowest BCUT2D eigenvalue weighted by Crippen LogP contribution is -2.26. The maximum absolute atomic E-state index is 12.6. The Morgan fingerprint density at radius 1 is 1.06 bits per heavy atom. The van der Waals surface area contributed by atoms with Crippen molar-refractivity contribution in [2.75, 3.05) is 20.3 Å². The van der Waals surface area contributed by atoms with E-state index in [-0.39, 0.29) is 5.91 Å². The third-order valence-corrected chi connectivity index (χ3v) is 6.07. The van der Waals surface area contributed by atoms with Crippen molar-refractivity contribution in [2.24, 2.45) is 0 Å². The maximum atomic E-state index is 12.6. The summed E-state index contributed by atoms with van der Waals surface area (Å²) < 4.78 is 13.5. The predicted molar refractivity (Wildman–Crippen MR) is 144 cm³/mol. The summed E-state index contributed by atoms with van der Waals surface area (Å²) in [6.45, 7) is 5.84. The maximum Gasteiger partial charge on any atom is 0.251 e. The van der Waals surface area contributed by atoms with Gasteiger partial charge in [-0.1, -0.05) is 42.5 Å². The Morgan fingerprint density at radius 3 is 2.75 bits per heavy atom. The summed E-state index contributed by atoms with van der Waals surface area (Å²) in [6, 6.07) is 23.4. The summed E-state index contributed by atoms with van der Waals surface area (Å²) in [5, 5.41) is 3.01. The number of nitrogens with one attached hydrogen (secondary N) is 1. The quantitative estimate of drug-likeness (QED) is 0.198. The smallest absolute Gasteiger partial charge is 0.251 e. The van der Waals surface area contributed by atoms with Gasteiger partial charge in [0.25, 0.3) is 5.91 Å². The van der Waals surface area contributed by atoms with E-state index in [9.17, 15) is 4.79 Å². The molecule has 186 valence electrons. The van der Waals surface area contributed by atoms with Crippen LogP contribution in [0.4, 0.5) is 0 Å². The number of hydrogen-bond acceptors (Lipinski definition) is 4. The van der Waals surface area contributed by atoms with Gasteiger partial charge in [-0.2, -0.15) is 0 Å². The van der Waals surface area contributed by atoms with Gasteiger partial charge in [0.1, 0.15) is 17.3 Å². The summed E-state index contributed by atoms with van der Waals surface area (Å²) >= 11 is 0. The number of amides is 1. The van der Waals surface area contributed by atoms with Crippen LogP contribution in [0.25, 0.3) is 11.0 Å². The molecule has 3 aromatic carbocycles. The number of aryl methyl sites for hydroxylation is 1. The molecule has 0 aliphatic rings. The highest BCUT2D eigenvalue weighted by Gasteiger charge is 2.12. The molecule has 0 radical (unpaired) electrons. The lowest BCUT2D eigenvalue weighted by Gasteiger charge is -2.12. The zero-order chi connectivity index (χ0) is 25.2. The molecule has 36 heavy (non-hydrogen) atoms. The van der Waals surface area contributed by atoms with Crippen molar-refractivity contribution in [3.05, 3.63) is 102 Å². The van der Waals surface area contributed by atoms with Gasteiger partial charge < -0.3 is 19.4 Å². The number of rotatable bonds is 13. The number of unbranched alkanes of at least 4 members (excludes halogenated alkanes) is 1. The molecule has 1 amide bonds. The van der Waals surface area contributed by atoms with Crippen LogP contribution in [0.2, 0.25) is 0 Å². The van der Waals surface area contributed by atoms with Crippen LogP contribution >= 0.6 is 0 Å². The van der Waals surface area contributed by atoms with Gasteiger partial charge in [-0.15, -0.1) is 6.58 Å². The number of fused-ring (bicyclic) bond motifs is 1. The Hall–Kier alpha value is -4.06. The molecule has 4 aromatic rings. The average molecular weight is 484 g/mol. The summed E-state index contributed by atoms with van der Waals surface area (Å²) in [6.07, 6.45) is 5.24. The standard InChI is InChI=1S/C30H33N3O3/c1-3-11-23-12-4-7-17-28(23)36-21-9-8-20-33-27-16-6-5-15-26(27)32-29(33)18-19-31-30(34)24-13-10-14-25(22-24)35-2/h3-7,10,12-17,22H,1,8-9,11,18-21H2,2H3,(H,31,34). The average Bonchev–Trinajstić information content (AvgIpc) is 3.26. The van der Waals surface area contributed by atoms with E-state index in [1.165, 1.54) is 0 Å². The second-order valence-electron chi connectivity index (χ2n) is 8.56. The minimum atomic E-state index is -0.120. The van der Waals surface area contributed by atoms with Gasteiger partial charge in [-0.3, -0.25) is 4.79 Å². The molecular formula is C30H33N3O3. The molecule has 0 bridgehead atoms. The largest absolute Gasteiger partial charge is 0.497 e. The molecule has 0 unspecified atom stereocenters. The number of hydrogen-bond donors (Lipinski definition) is 1. The summed E-state index contributed by atoms with van der Waals surface area (Å²) in [4.78, 5) is 17.4. The van der Waals surface area contributed by atoms with Gasteiger partial charge in [0.05, 0.1) is 24.8 Å². The molecule has 0 aliphatic heterocycles. The van der Waals surface area contributed by atoms with E-state index >= 15 is 0 Å². The van der Waals surface area contributed by atoms with E-state index in [0.717, 1.165) is 54.0 Å². The van der Waals surface area contributed by atoms with Crippen molar-refractivity contribution < 1.29 is 14.3 Å². The van der Waals surface area contributed by atoms with Gasteiger partial charge in [-0.25, -0.2) is 4.98 Å². The van der Waals surface area contributed by atoms with Crippen molar-refractivity contribution >= 4 is 16.9 Å². The number of ether oxygens (including phenoxy) is 2. The Bertz CT molecular complexity index is 1310. The first kappa shape index (κ1) is 25.0. The molecule has 0 aliphatic carbocycles. The minimum absolute atomic E-state index is 0.120. The van der Waals surface area contributed by atoms with Gasteiger partial charge in [0, 0.05) is 25.1 Å². The molecule has 4 rings (SSSR count). The van der Waals surface area contributed by atoms with Crippen molar-refractivity contribution in [2.45, 2.75) is 32.2 Å². The first-order valence-electron chi connectivity index (χ1n) is 12.4. The van der Waals surface area contributed by atoms with Crippen molar-refractivity contribution in [3.63, 3.8) is 0 Å². The molecule has 0 atom stereocenters. The number of allylic oxidation sites excluding steroid dienone is 1. The van der Waals surface area contributed by atoms with Crippen LogP contribution in [-0.2, 0) is 19.4 Å². The van der Waals surface area contributed by atoms with E-state index in [1.54, 1.807) is 19.2 Å². The molecule has 0 spiro atoms. The van der Waals surface area contributed by atoms with Crippen LogP contribution in [0.5, 0.6) is 11.5 Å². The van der Waals surface area contributed by atoms with Gasteiger partial charge >= 0.3 is 0 Å². The molecule has 1 heterocycles. The molecule has 0 saturated heterocycles. The second-order valence-corrected chi connectivity index (χ2v) is 8.56. The third kappa shape index (κ3) is 6.33. The number of imidazole rings is 1. The SMILES string of the molecule is C=CCc1ccccc1OCCCCn1c(CCNC(=O)c2cccc(OC)c2)nc2ccccc21. The number of carbonyl (C=O) groups is 1. The molecule has 1 aromatic heterocycles. The van der Waals surface area contributed by atoms with Gasteiger partial charge in [0.2, 0.25) is 0 Å². The van der Waals surface area contributed by atoms with Crippen LogP contribution in [-0.4, -0.2) is 35.7 Å². The zero-order valence-electron chi connectivity index (χ0n) is 20.8. The second kappa shape index (κ2) is 12.6. The van der Waals surface area contributed by atoms with Crippen LogP contribution in [0.15, 0.2) is 85.5 Å². The Kier molecular flexibility index (Phi) is 8.76. The molecule has 1 N–H and O–H groups in total. The number of nitrogens with zero attached hydrogens (tertiary/aromatic N) is 2. The molecular weight excluding hydrogens is 450 g/mol. The highest BCUT2D eigenvalue weighted by Crippen LogP contribution is 2.20. The monoisotopic (exact) mass is 483 g/mol. The van der Waals surface area contributed by atoms with E-state index in [0.29, 0.717) is 30.9 Å². The van der Waals surface area contributed by atoms with Crippen molar-refractivity contribution in [3.8, 4) is 11.5 Å². The molecule has 0 saturated carbocycles. The third-order valence-electron chi connectivity index (χ3n) is 6.07. The number of benzene rings is 3. The molecule has 6 heteroatoms. The van der Waals surface area contributed by atoms with E-state index in [4.69, 9.17) is 14.5 Å². The highest BCUT2D eigenvalue weighted by atomic mass is 16.5. The van der Waals surface area contributed by atoms with Gasteiger partial charge in [0.15, 0.2) is 0 Å². The van der Waals surface area contributed by atoms with E-state index < -0.39 is 0 Å². The number of methoxy groups -OCH3 is 1. The molecule has 6 nitrogen and oxygen atoms in total. The Balaban J connectivity index is 1.33. The Labute approximate surface area is 212 Å². The number of carbonyl (C=O) groups excluding carboxylic acids is 1. The predicted octanol–water partition coefficient (Wildman–Crippen LogP) is 5.61. The van der Waals surface area contributed by atoms with Crippen molar-refractivity contribution in [1.82, 2.24) is 14.9 Å². The summed E-state index contributed by atoms with van der Waals surface area (Å²) in [5.74, 6) is 2.44. The van der Waals surface area contributed by atoms with E-state index in [1.807, 2.05) is 54.6 Å². The first-order chi connectivity index (χ1) is 17.7. The fourth-order valence-corrected chi connectivity index (χ4v) is 4.24. The van der Waals surface area contributed by atoms with Crippen LogP contribution in [0.3, 0.4) is 0 Å². The normalized spacial score (nSPS) is 10.8. The van der Waals surface area contributed by atoms with Crippen LogP contribution in [0, 0.1) is 0 Å². The van der Waals surface area contributed by atoms with Gasteiger partial charge in [-0.05, 0) is 61.2 Å². The zero-order valence-corrected chi connectivity index (χ0v) is 20.8. The van der Waals surface area contributed by atoms with Crippen LogP contribution < -0.4 is 14.8 Å². The number of aromatic nitrogens is 2. The lowest BCUT2D eigenvalue weighted by molar-refractivity contribution is 0.0953. The highest BCUT2D eigenvalue weighted by molar-refractivity contribution is 5.94. The fraction of sp³-hybridized carbons (Fsp3) is 0.267. The van der Waals surface area contributed by atoms with Crippen molar-refractivity contribution in [1.29, 1.82) is 0 Å². The first-order valence-corrected chi connectivity index (χ1v) is 12.4. The van der Waals surface area contributed by atoms with E-state index in [2.05, 4.69) is 28.6 Å². The molecule has 0 fully saturated rings. The topological polar surface area (TPSA) is 65.4 Å². The van der Waals surface area contributed by atoms with Crippen LogP contribution in [0.1, 0.15) is 34.6 Å².